The third-order valence-electron chi connectivity index (χ3n) is 1.85. The minimum absolute atomic E-state index is 0. The smallest absolute Gasteiger partial charge is 0.251 e. The van der Waals surface area contributed by atoms with Gasteiger partial charge in [-0.1, -0.05) is 19.1 Å². The molecule has 0 aliphatic rings. The Morgan fingerprint density at radius 2 is 1.79 bits per heavy atom. The molecule has 1 amide bonds. The molecule has 1 aromatic rings. The van der Waals surface area contributed by atoms with Gasteiger partial charge in [-0.3, -0.25) is 4.79 Å². The normalized spacial score (nSPS) is 8.14. The summed E-state index contributed by atoms with van der Waals surface area (Å²) < 4.78 is 0. The van der Waals surface area contributed by atoms with E-state index in [1.54, 1.807) is 7.05 Å². The van der Waals surface area contributed by atoms with Crippen molar-refractivity contribution in [2.75, 3.05) is 7.05 Å². The second-order valence-electron chi connectivity index (χ2n) is 2.63. The van der Waals surface area contributed by atoms with E-state index in [-0.39, 0.29) is 46.0 Å². The summed E-state index contributed by atoms with van der Waals surface area (Å²) in [5.74, 6) is -0.0300. The van der Waals surface area contributed by atoms with Crippen LogP contribution in [-0.4, -0.2) is 13.0 Å². The fraction of sp³-hybridized carbons (Fsp3) is 0.273. The molecule has 0 heterocycles. The van der Waals surface area contributed by atoms with Crippen LogP contribution in [0.15, 0.2) is 24.3 Å². The predicted octanol–water partition coefficient (Wildman–Crippen LogP) is 2.06. The zero-order chi connectivity index (χ0) is 8.97. The fourth-order valence-corrected chi connectivity index (χ4v) is 1.04. The van der Waals surface area contributed by atoms with Crippen LogP contribution in [-0.2, 0) is 39.1 Å². The summed E-state index contributed by atoms with van der Waals surface area (Å²) >= 11 is 0. The summed E-state index contributed by atoms with van der Waals surface area (Å²) in [6.07, 6.45) is 1.01. The van der Waals surface area contributed by atoms with Crippen LogP contribution in [0.25, 0.3) is 0 Å². The first kappa shape index (κ1) is 16.2. The number of nitrogens with one attached hydrogen (secondary N) is 1. The quantitative estimate of drug-likeness (QED) is 0.816. The summed E-state index contributed by atoms with van der Waals surface area (Å²) in [6, 6.07) is 7.64. The fourth-order valence-electron chi connectivity index (χ4n) is 1.04. The van der Waals surface area contributed by atoms with Crippen LogP contribution in [0.1, 0.15) is 22.8 Å². The molecule has 3 heteroatoms. The Morgan fingerprint density at radius 3 is 2.14 bits per heavy atom. The molecule has 0 aliphatic carbocycles. The van der Waals surface area contributed by atoms with Crippen molar-refractivity contribution >= 4 is 5.91 Å². The van der Waals surface area contributed by atoms with Gasteiger partial charge in [0.25, 0.3) is 5.91 Å². The standard InChI is InChI=1S/C10H13NO.CH3.Y/c1-3-8-4-6-9(7-5-8)10(12)11-2;;/h4-7H,3H2,1-2H3,(H,11,12);1H3;/q;-1;. The van der Waals surface area contributed by atoms with Gasteiger partial charge in [0.05, 0.1) is 0 Å². The second-order valence-corrected chi connectivity index (χ2v) is 2.63. The molecule has 0 aliphatic heterocycles. The maximum absolute atomic E-state index is 11.1. The predicted molar refractivity (Wildman–Crippen MR) is 55.6 cm³/mol. The first-order chi connectivity index (χ1) is 5.77. The molecular weight excluding hydrogens is 251 g/mol. The Labute approximate surface area is 111 Å². The number of aryl methyl sites for hydroxylation is 1. The average Bonchev–Trinajstić information content (AvgIpc) is 2.17. The van der Waals surface area contributed by atoms with Crippen LogP contribution >= 0.6 is 0 Å². The van der Waals surface area contributed by atoms with Crippen LogP contribution in [0.2, 0.25) is 0 Å². The van der Waals surface area contributed by atoms with Gasteiger partial charge in [-0.2, -0.15) is 0 Å². The van der Waals surface area contributed by atoms with Crippen molar-refractivity contribution in [1.29, 1.82) is 0 Å². The van der Waals surface area contributed by atoms with Gasteiger partial charge in [0.2, 0.25) is 0 Å². The first-order valence-electron chi connectivity index (χ1n) is 4.09. The van der Waals surface area contributed by atoms with E-state index in [9.17, 15) is 4.79 Å². The van der Waals surface area contributed by atoms with Crippen molar-refractivity contribution in [2.24, 2.45) is 0 Å². The van der Waals surface area contributed by atoms with E-state index in [4.69, 9.17) is 0 Å². The van der Waals surface area contributed by atoms with Gasteiger partial charge in [-0.25, -0.2) is 0 Å². The summed E-state index contributed by atoms with van der Waals surface area (Å²) in [5.41, 5.74) is 1.97. The van der Waals surface area contributed by atoms with Gasteiger partial charge in [0, 0.05) is 45.3 Å². The number of carbonyl (C=O) groups excluding carboxylic acids is 1. The Bertz CT molecular complexity index is 269. The number of carbonyl (C=O) groups is 1. The molecule has 1 radical (unpaired) electrons. The Balaban J connectivity index is 0. The van der Waals surface area contributed by atoms with Crippen LogP contribution in [0.3, 0.4) is 0 Å². The van der Waals surface area contributed by atoms with Crippen LogP contribution in [0, 0.1) is 7.43 Å². The van der Waals surface area contributed by atoms with E-state index in [1.165, 1.54) is 5.56 Å². The van der Waals surface area contributed by atoms with Crippen LogP contribution in [0.5, 0.6) is 0 Å². The summed E-state index contributed by atoms with van der Waals surface area (Å²) in [6.45, 7) is 2.09. The molecule has 75 valence electrons. The first-order valence-corrected chi connectivity index (χ1v) is 4.09. The molecule has 0 spiro atoms. The van der Waals surface area contributed by atoms with Crippen molar-refractivity contribution in [2.45, 2.75) is 13.3 Å². The number of amides is 1. The maximum atomic E-state index is 11.1. The van der Waals surface area contributed by atoms with Gasteiger partial charge in [-0.15, -0.1) is 0 Å². The van der Waals surface area contributed by atoms with E-state index in [0.29, 0.717) is 0 Å². The van der Waals surface area contributed by atoms with E-state index in [0.717, 1.165) is 12.0 Å². The number of benzene rings is 1. The SMILES string of the molecule is CCc1ccc(C(=O)NC)cc1.[CH3-].[Y]. The van der Waals surface area contributed by atoms with Crippen LogP contribution in [0.4, 0.5) is 0 Å². The molecule has 0 saturated heterocycles. The number of rotatable bonds is 2. The van der Waals surface area contributed by atoms with Gasteiger partial charge in [0.1, 0.15) is 0 Å². The minimum Gasteiger partial charge on any atom is -0.358 e. The molecule has 1 rings (SSSR count). The summed E-state index contributed by atoms with van der Waals surface area (Å²) in [4.78, 5) is 11.1. The Kier molecular flexibility index (Phi) is 9.43. The largest absolute Gasteiger partial charge is 0.358 e. The minimum atomic E-state index is -0.0300. The molecule has 0 saturated carbocycles. The topological polar surface area (TPSA) is 29.1 Å². The molecule has 14 heavy (non-hydrogen) atoms. The zero-order valence-electron chi connectivity index (χ0n) is 9.00. The number of hydrogen-bond acceptors (Lipinski definition) is 1. The third kappa shape index (κ3) is 4.34. The summed E-state index contributed by atoms with van der Waals surface area (Å²) in [7, 11) is 1.63. The van der Waals surface area contributed by atoms with Crippen molar-refractivity contribution in [3.8, 4) is 0 Å². The molecule has 0 fully saturated rings. The maximum Gasteiger partial charge on any atom is 0.251 e. The van der Waals surface area contributed by atoms with Crippen molar-refractivity contribution in [3.05, 3.63) is 42.8 Å². The van der Waals surface area contributed by atoms with Gasteiger partial charge >= 0.3 is 0 Å². The molecule has 2 nitrogen and oxygen atoms in total. The van der Waals surface area contributed by atoms with Crippen molar-refractivity contribution in [3.63, 3.8) is 0 Å². The Morgan fingerprint density at radius 1 is 1.29 bits per heavy atom. The van der Waals surface area contributed by atoms with Crippen molar-refractivity contribution < 1.29 is 37.5 Å². The average molecular weight is 267 g/mol. The molecular formula is C11H16NOY-. The molecule has 0 bridgehead atoms. The molecule has 0 atom stereocenters. The second kappa shape index (κ2) is 8.13. The van der Waals surface area contributed by atoms with Crippen LogP contribution < -0.4 is 5.32 Å². The molecule has 0 unspecified atom stereocenters. The van der Waals surface area contributed by atoms with E-state index < -0.39 is 0 Å². The van der Waals surface area contributed by atoms with E-state index in [2.05, 4.69) is 12.2 Å². The van der Waals surface area contributed by atoms with E-state index >= 15 is 0 Å². The molecule has 1 aromatic carbocycles. The Hall–Kier alpha value is -0.206. The van der Waals surface area contributed by atoms with Gasteiger partial charge in [-0.05, 0) is 24.1 Å². The molecule has 1 N–H and O–H groups in total. The third-order valence-corrected chi connectivity index (χ3v) is 1.85. The van der Waals surface area contributed by atoms with Crippen molar-refractivity contribution in [1.82, 2.24) is 5.32 Å². The van der Waals surface area contributed by atoms with Gasteiger partial charge < -0.3 is 12.7 Å². The van der Waals surface area contributed by atoms with Gasteiger partial charge in [0.15, 0.2) is 0 Å². The number of hydrogen-bond donors (Lipinski definition) is 1. The monoisotopic (exact) mass is 267 g/mol. The summed E-state index contributed by atoms with van der Waals surface area (Å²) in [5, 5.41) is 2.58. The van der Waals surface area contributed by atoms with E-state index in [1.807, 2.05) is 24.3 Å². The molecule has 0 aromatic heterocycles. The zero-order valence-corrected chi connectivity index (χ0v) is 11.8.